The number of benzene rings is 2. The summed E-state index contributed by atoms with van der Waals surface area (Å²) >= 11 is 1.32. The fourth-order valence-electron chi connectivity index (χ4n) is 2.45. The molecule has 0 spiro atoms. The molecule has 130 valence electrons. The number of amides is 1. The molecule has 0 unspecified atom stereocenters. The average Bonchev–Trinajstić information content (AvgIpc) is 2.96. The number of hydrogen-bond donors (Lipinski definition) is 1. The van der Waals surface area contributed by atoms with Crippen molar-refractivity contribution in [3.05, 3.63) is 64.1 Å². The summed E-state index contributed by atoms with van der Waals surface area (Å²) in [6.45, 7) is 4.05. The van der Waals surface area contributed by atoms with E-state index in [2.05, 4.69) is 16.4 Å². The monoisotopic (exact) mass is 363 g/mol. The number of aliphatic imine (C=N–C) groups is 1. The minimum atomic E-state index is -0.164. The van der Waals surface area contributed by atoms with Crippen molar-refractivity contribution in [1.29, 1.82) is 5.26 Å². The lowest BCUT2D eigenvalue weighted by molar-refractivity contribution is -0.115. The van der Waals surface area contributed by atoms with Crippen LogP contribution in [0.4, 0.5) is 5.69 Å². The summed E-state index contributed by atoms with van der Waals surface area (Å²) in [7, 11) is 0. The Balaban J connectivity index is 1.76. The zero-order chi connectivity index (χ0) is 18.5. The SMILES string of the molecule is Cc1ccc(N=C2NC(=O)/C(=C\c3ccc(OCC#N)cc3)S2)c(C)c1. The number of aryl methyl sites for hydroxylation is 2. The van der Waals surface area contributed by atoms with Gasteiger partial charge in [-0.3, -0.25) is 4.79 Å². The highest BCUT2D eigenvalue weighted by molar-refractivity contribution is 8.18. The van der Waals surface area contributed by atoms with Gasteiger partial charge in [0.1, 0.15) is 11.8 Å². The molecule has 2 aromatic rings. The molecular weight excluding hydrogens is 346 g/mol. The number of amidine groups is 1. The van der Waals surface area contributed by atoms with Gasteiger partial charge in [0.2, 0.25) is 0 Å². The molecule has 0 atom stereocenters. The number of rotatable bonds is 4. The number of hydrogen-bond acceptors (Lipinski definition) is 5. The van der Waals surface area contributed by atoms with E-state index in [4.69, 9.17) is 10.00 Å². The maximum absolute atomic E-state index is 12.2. The third-order valence-electron chi connectivity index (χ3n) is 3.71. The molecule has 0 aromatic heterocycles. The molecule has 1 N–H and O–H groups in total. The fourth-order valence-corrected chi connectivity index (χ4v) is 3.28. The molecule has 26 heavy (non-hydrogen) atoms. The summed E-state index contributed by atoms with van der Waals surface area (Å²) in [6, 6.07) is 15.2. The van der Waals surface area contributed by atoms with Crippen molar-refractivity contribution in [3.63, 3.8) is 0 Å². The van der Waals surface area contributed by atoms with E-state index >= 15 is 0 Å². The van der Waals surface area contributed by atoms with Gasteiger partial charge in [0.15, 0.2) is 11.8 Å². The predicted octanol–water partition coefficient (Wildman–Crippen LogP) is 4.10. The predicted molar refractivity (Wildman–Crippen MR) is 104 cm³/mol. The van der Waals surface area contributed by atoms with Crippen LogP contribution in [0.3, 0.4) is 0 Å². The zero-order valence-corrected chi connectivity index (χ0v) is 15.3. The van der Waals surface area contributed by atoms with E-state index in [0.717, 1.165) is 16.8 Å². The summed E-state index contributed by atoms with van der Waals surface area (Å²) in [5.41, 5.74) is 3.97. The van der Waals surface area contributed by atoms with E-state index in [1.165, 1.54) is 17.3 Å². The van der Waals surface area contributed by atoms with E-state index in [-0.39, 0.29) is 12.5 Å². The first-order valence-electron chi connectivity index (χ1n) is 8.02. The van der Waals surface area contributed by atoms with E-state index in [0.29, 0.717) is 15.8 Å². The summed E-state index contributed by atoms with van der Waals surface area (Å²) in [5.74, 6) is 0.456. The lowest BCUT2D eigenvalue weighted by Crippen LogP contribution is -2.19. The van der Waals surface area contributed by atoms with E-state index in [1.54, 1.807) is 18.2 Å². The van der Waals surface area contributed by atoms with E-state index < -0.39 is 0 Å². The minimum Gasteiger partial charge on any atom is -0.479 e. The maximum Gasteiger partial charge on any atom is 0.264 e. The molecule has 1 heterocycles. The van der Waals surface area contributed by atoms with Crippen molar-refractivity contribution in [1.82, 2.24) is 5.32 Å². The lowest BCUT2D eigenvalue weighted by atomic mass is 10.1. The van der Waals surface area contributed by atoms with Gasteiger partial charge in [0.05, 0.1) is 10.6 Å². The Morgan fingerprint density at radius 1 is 1.23 bits per heavy atom. The molecule has 2 aromatic carbocycles. The Kier molecular flexibility index (Phi) is 5.40. The van der Waals surface area contributed by atoms with Gasteiger partial charge >= 0.3 is 0 Å². The molecular formula is C20H17N3O2S. The van der Waals surface area contributed by atoms with Crippen molar-refractivity contribution >= 4 is 34.6 Å². The molecule has 0 saturated carbocycles. The second-order valence-electron chi connectivity index (χ2n) is 5.79. The Labute approximate surface area is 156 Å². The molecule has 0 bridgehead atoms. The topological polar surface area (TPSA) is 74.5 Å². The lowest BCUT2D eigenvalue weighted by Gasteiger charge is -2.02. The second kappa shape index (κ2) is 7.89. The van der Waals surface area contributed by atoms with Gasteiger partial charge in [-0.1, -0.05) is 29.8 Å². The summed E-state index contributed by atoms with van der Waals surface area (Å²) in [5, 5.41) is 11.9. The van der Waals surface area contributed by atoms with Gasteiger partial charge in [-0.2, -0.15) is 5.26 Å². The van der Waals surface area contributed by atoms with Crippen LogP contribution in [0, 0.1) is 25.2 Å². The number of carbonyl (C=O) groups excluding carboxylic acids is 1. The Morgan fingerprint density at radius 2 is 2.00 bits per heavy atom. The zero-order valence-electron chi connectivity index (χ0n) is 14.4. The number of nitriles is 1. The van der Waals surface area contributed by atoms with Gasteiger partial charge in [-0.05, 0) is 61.0 Å². The number of carbonyl (C=O) groups is 1. The Hall–Kier alpha value is -3.04. The molecule has 0 aliphatic carbocycles. The molecule has 0 radical (unpaired) electrons. The van der Waals surface area contributed by atoms with Gasteiger partial charge in [0, 0.05) is 0 Å². The van der Waals surface area contributed by atoms with Crippen LogP contribution in [0.15, 0.2) is 52.4 Å². The molecule has 1 fully saturated rings. The molecule has 6 heteroatoms. The molecule has 1 aliphatic rings. The largest absolute Gasteiger partial charge is 0.479 e. The van der Waals surface area contributed by atoms with Crippen molar-refractivity contribution < 1.29 is 9.53 Å². The van der Waals surface area contributed by atoms with Crippen LogP contribution in [-0.4, -0.2) is 17.7 Å². The number of nitrogens with one attached hydrogen (secondary N) is 1. The third kappa shape index (κ3) is 4.32. The van der Waals surface area contributed by atoms with Crippen LogP contribution >= 0.6 is 11.8 Å². The molecule has 5 nitrogen and oxygen atoms in total. The Morgan fingerprint density at radius 3 is 2.69 bits per heavy atom. The van der Waals surface area contributed by atoms with Crippen molar-refractivity contribution in [3.8, 4) is 11.8 Å². The first-order chi connectivity index (χ1) is 12.5. The third-order valence-corrected chi connectivity index (χ3v) is 4.62. The van der Waals surface area contributed by atoms with Crippen LogP contribution in [0.1, 0.15) is 16.7 Å². The van der Waals surface area contributed by atoms with E-state index in [1.807, 2.05) is 44.2 Å². The Bertz CT molecular complexity index is 941. The maximum atomic E-state index is 12.2. The first kappa shape index (κ1) is 17.8. The van der Waals surface area contributed by atoms with Crippen molar-refractivity contribution in [2.45, 2.75) is 13.8 Å². The van der Waals surface area contributed by atoms with Crippen LogP contribution in [0.2, 0.25) is 0 Å². The summed E-state index contributed by atoms with van der Waals surface area (Å²) in [4.78, 5) is 17.3. The number of nitrogens with zero attached hydrogens (tertiary/aromatic N) is 2. The van der Waals surface area contributed by atoms with Crippen LogP contribution < -0.4 is 10.1 Å². The van der Waals surface area contributed by atoms with Gasteiger partial charge in [0.25, 0.3) is 5.91 Å². The van der Waals surface area contributed by atoms with Crippen LogP contribution in [-0.2, 0) is 4.79 Å². The molecule has 3 rings (SSSR count). The smallest absolute Gasteiger partial charge is 0.264 e. The van der Waals surface area contributed by atoms with Crippen molar-refractivity contribution in [2.75, 3.05) is 6.61 Å². The standard InChI is InChI=1S/C20H17N3O2S/c1-13-3-8-17(14(2)11-13)22-20-23-19(24)18(26-20)12-15-4-6-16(7-5-15)25-10-9-21/h3-8,11-12H,10H2,1-2H3,(H,22,23,24)/b18-12+. The molecule has 1 amide bonds. The highest BCUT2D eigenvalue weighted by atomic mass is 32.2. The first-order valence-corrected chi connectivity index (χ1v) is 8.83. The van der Waals surface area contributed by atoms with Gasteiger partial charge in [-0.15, -0.1) is 0 Å². The second-order valence-corrected chi connectivity index (χ2v) is 6.82. The number of thioether (sulfide) groups is 1. The molecule has 1 saturated heterocycles. The normalized spacial score (nSPS) is 16.6. The fraction of sp³-hybridized carbons (Fsp3) is 0.150. The molecule has 1 aliphatic heterocycles. The highest BCUT2D eigenvalue weighted by Gasteiger charge is 2.23. The van der Waals surface area contributed by atoms with Gasteiger partial charge in [-0.25, -0.2) is 4.99 Å². The van der Waals surface area contributed by atoms with Gasteiger partial charge < -0.3 is 10.1 Å². The van der Waals surface area contributed by atoms with Crippen LogP contribution in [0.5, 0.6) is 5.75 Å². The highest BCUT2D eigenvalue weighted by Crippen LogP contribution is 2.29. The quantitative estimate of drug-likeness (QED) is 0.830. The average molecular weight is 363 g/mol. The minimum absolute atomic E-state index is 0.0109. The summed E-state index contributed by atoms with van der Waals surface area (Å²) in [6.07, 6.45) is 1.80. The van der Waals surface area contributed by atoms with E-state index in [9.17, 15) is 4.79 Å². The van der Waals surface area contributed by atoms with Crippen LogP contribution in [0.25, 0.3) is 6.08 Å². The number of ether oxygens (including phenoxy) is 1. The van der Waals surface area contributed by atoms with Crippen molar-refractivity contribution in [2.24, 2.45) is 4.99 Å². The summed E-state index contributed by atoms with van der Waals surface area (Å²) < 4.78 is 5.22.